The lowest BCUT2D eigenvalue weighted by molar-refractivity contribution is 0.0945. The number of rotatable bonds is 5. The highest BCUT2D eigenvalue weighted by Crippen LogP contribution is 2.21. The highest BCUT2D eigenvalue weighted by atomic mass is 16.5. The summed E-state index contributed by atoms with van der Waals surface area (Å²) in [5.74, 6) is 1.24. The quantitative estimate of drug-likeness (QED) is 0.668. The van der Waals surface area contributed by atoms with Crippen LogP contribution >= 0.6 is 0 Å². The zero-order chi connectivity index (χ0) is 15.4. The van der Waals surface area contributed by atoms with Gasteiger partial charge in [-0.3, -0.25) is 9.89 Å². The summed E-state index contributed by atoms with van der Waals surface area (Å²) in [6, 6.07) is 9.18. The highest BCUT2D eigenvalue weighted by molar-refractivity contribution is 5.93. The minimum absolute atomic E-state index is 0.233. The van der Waals surface area contributed by atoms with E-state index in [1.54, 1.807) is 25.6 Å². The smallest absolute Gasteiger partial charge is 0.269 e. The van der Waals surface area contributed by atoms with Crippen molar-refractivity contribution in [3.63, 3.8) is 0 Å². The number of H-pyrrole nitrogens is 2. The maximum absolute atomic E-state index is 12.0. The molecule has 0 fully saturated rings. The van der Waals surface area contributed by atoms with E-state index in [9.17, 15) is 4.79 Å². The Bertz CT molecular complexity index is 747. The van der Waals surface area contributed by atoms with Crippen molar-refractivity contribution in [3.8, 4) is 17.0 Å². The molecule has 3 N–H and O–H groups in total. The molecule has 2 aromatic heterocycles. The number of hydrogen-bond donors (Lipinski definition) is 3. The summed E-state index contributed by atoms with van der Waals surface area (Å²) >= 11 is 0. The van der Waals surface area contributed by atoms with Gasteiger partial charge in [0.25, 0.3) is 5.91 Å². The summed E-state index contributed by atoms with van der Waals surface area (Å²) in [4.78, 5) is 19.0. The molecule has 0 bridgehead atoms. The molecule has 22 heavy (non-hydrogen) atoms. The summed E-state index contributed by atoms with van der Waals surface area (Å²) in [7, 11) is 1.62. The van der Waals surface area contributed by atoms with Crippen molar-refractivity contribution in [1.29, 1.82) is 0 Å². The third kappa shape index (κ3) is 2.98. The molecule has 0 aliphatic carbocycles. The van der Waals surface area contributed by atoms with E-state index in [1.807, 2.05) is 24.3 Å². The predicted molar refractivity (Wildman–Crippen MR) is 80.3 cm³/mol. The number of aromatic amines is 2. The number of methoxy groups -OCH3 is 1. The van der Waals surface area contributed by atoms with Gasteiger partial charge in [-0.2, -0.15) is 5.10 Å². The molecule has 3 rings (SSSR count). The van der Waals surface area contributed by atoms with Crippen molar-refractivity contribution in [2.24, 2.45) is 0 Å². The number of aromatic nitrogens is 4. The van der Waals surface area contributed by atoms with E-state index in [4.69, 9.17) is 4.74 Å². The molecular formula is C15H15N5O2. The molecule has 0 saturated heterocycles. The van der Waals surface area contributed by atoms with Gasteiger partial charge in [-0.05, 0) is 30.3 Å². The fourth-order valence-corrected chi connectivity index (χ4v) is 2.00. The lowest BCUT2D eigenvalue weighted by atomic mass is 10.1. The Labute approximate surface area is 126 Å². The fraction of sp³-hybridized carbons (Fsp3) is 0.133. The van der Waals surface area contributed by atoms with E-state index in [2.05, 4.69) is 25.5 Å². The van der Waals surface area contributed by atoms with Crippen molar-refractivity contribution in [1.82, 2.24) is 25.5 Å². The molecule has 0 spiro atoms. The minimum Gasteiger partial charge on any atom is -0.497 e. The molecule has 0 radical (unpaired) electrons. The first-order chi connectivity index (χ1) is 10.8. The molecule has 0 saturated carbocycles. The van der Waals surface area contributed by atoms with Crippen LogP contribution < -0.4 is 10.1 Å². The van der Waals surface area contributed by atoms with Gasteiger partial charge in [0, 0.05) is 18.0 Å². The zero-order valence-electron chi connectivity index (χ0n) is 12.0. The topological polar surface area (TPSA) is 95.7 Å². The first kappa shape index (κ1) is 13.9. The van der Waals surface area contributed by atoms with Crippen LogP contribution in [0.15, 0.2) is 42.7 Å². The maximum atomic E-state index is 12.0. The van der Waals surface area contributed by atoms with Crippen LogP contribution in [-0.4, -0.2) is 33.2 Å². The van der Waals surface area contributed by atoms with Crippen LogP contribution in [0.3, 0.4) is 0 Å². The Kier molecular flexibility index (Phi) is 3.86. The molecule has 0 atom stereocenters. The number of ether oxygens (including phenoxy) is 1. The van der Waals surface area contributed by atoms with Gasteiger partial charge in [0.2, 0.25) is 0 Å². The van der Waals surface area contributed by atoms with Crippen LogP contribution in [0.4, 0.5) is 0 Å². The first-order valence-electron chi connectivity index (χ1n) is 6.72. The van der Waals surface area contributed by atoms with Crippen molar-refractivity contribution in [3.05, 3.63) is 54.2 Å². The highest BCUT2D eigenvalue weighted by Gasteiger charge is 2.11. The molecule has 0 aliphatic heterocycles. The molecule has 112 valence electrons. The first-order valence-corrected chi connectivity index (χ1v) is 6.72. The molecule has 7 nitrogen and oxygen atoms in total. The molecule has 0 aliphatic rings. The Morgan fingerprint density at radius 1 is 1.32 bits per heavy atom. The number of amides is 1. The molecule has 7 heteroatoms. The lowest BCUT2D eigenvalue weighted by Crippen LogP contribution is -2.23. The van der Waals surface area contributed by atoms with Crippen molar-refractivity contribution >= 4 is 5.91 Å². The van der Waals surface area contributed by atoms with Gasteiger partial charge in [-0.1, -0.05) is 0 Å². The van der Waals surface area contributed by atoms with Gasteiger partial charge in [0.15, 0.2) is 0 Å². The molecule has 3 aromatic rings. The monoisotopic (exact) mass is 297 g/mol. The summed E-state index contributed by atoms with van der Waals surface area (Å²) in [5, 5.41) is 9.66. The van der Waals surface area contributed by atoms with Gasteiger partial charge < -0.3 is 15.0 Å². The Morgan fingerprint density at radius 3 is 2.82 bits per heavy atom. The van der Waals surface area contributed by atoms with E-state index in [0.717, 1.165) is 11.3 Å². The van der Waals surface area contributed by atoms with Crippen molar-refractivity contribution in [2.75, 3.05) is 7.11 Å². The van der Waals surface area contributed by atoms with Gasteiger partial charge >= 0.3 is 0 Å². The second kappa shape index (κ2) is 6.13. The van der Waals surface area contributed by atoms with Crippen LogP contribution in [0.25, 0.3) is 11.3 Å². The second-order valence-electron chi connectivity index (χ2n) is 4.61. The zero-order valence-corrected chi connectivity index (χ0v) is 12.0. The third-order valence-electron chi connectivity index (χ3n) is 3.18. The number of hydrogen-bond acceptors (Lipinski definition) is 4. The van der Waals surface area contributed by atoms with Crippen LogP contribution in [0.2, 0.25) is 0 Å². The van der Waals surface area contributed by atoms with E-state index >= 15 is 0 Å². The van der Waals surface area contributed by atoms with Crippen molar-refractivity contribution in [2.45, 2.75) is 6.54 Å². The molecular weight excluding hydrogens is 282 g/mol. The largest absolute Gasteiger partial charge is 0.497 e. The maximum Gasteiger partial charge on any atom is 0.269 e. The minimum atomic E-state index is -0.233. The number of nitrogens with zero attached hydrogens (tertiary/aromatic N) is 2. The van der Waals surface area contributed by atoms with Gasteiger partial charge in [0.05, 0.1) is 19.3 Å². The summed E-state index contributed by atoms with van der Waals surface area (Å²) in [5.41, 5.74) is 2.00. The van der Waals surface area contributed by atoms with Gasteiger partial charge in [0.1, 0.15) is 17.3 Å². The van der Waals surface area contributed by atoms with Crippen LogP contribution in [-0.2, 0) is 6.54 Å². The number of carbonyl (C=O) groups is 1. The number of imidazole rings is 1. The third-order valence-corrected chi connectivity index (χ3v) is 3.18. The summed E-state index contributed by atoms with van der Waals surface area (Å²) in [6.07, 6.45) is 3.35. The summed E-state index contributed by atoms with van der Waals surface area (Å²) < 4.78 is 5.11. The molecule has 1 amide bonds. The van der Waals surface area contributed by atoms with E-state index in [1.165, 1.54) is 0 Å². The molecule has 2 heterocycles. The van der Waals surface area contributed by atoms with E-state index in [0.29, 0.717) is 23.8 Å². The molecule has 0 unspecified atom stereocenters. The fourth-order valence-electron chi connectivity index (χ4n) is 2.00. The van der Waals surface area contributed by atoms with E-state index in [-0.39, 0.29) is 5.91 Å². The van der Waals surface area contributed by atoms with Crippen LogP contribution in [0.5, 0.6) is 5.75 Å². The van der Waals surface area contributed by atoms with Gasteiger partial charge in [-0.25, -0.2) is 4.98 Å². The lowest BCUT2D eigenvalue weighted by Gasteiger charge is -2.00. The average molecular weight is 297 g/mol. The summed E-state index contributed by atoms with van der Waals surface area (Å²) in [6.45, 7) is 0.336. The van der Waals surface area contributed by atoms with Crippen molar-refractivity contribution < 1.29 is 9.53 Å². The normalized spacial score (nSPS) is 10.4. The predicted octanol–water partition coefficient (Wildman–Crippen LogP) is 1.74. The molecule has 1 aromatic carbocycles. The van der Waals surface area contributed by atoms with E-state index < -0.39 is 0 Å². The number of carbonyl (C=O) groups excluding carboxylic acids is 1. The van der Waals surface area contributed by atoms with Gasteiger partial charge in [-0.15, -0.1) is 0 Å². The standard InChI is InChI=1S/C15H15N5O2/c1-22-11-4-2-10(3-5-11)12-8-13(20-19-12)15(21)18-9-14-16-6-7-17-14/h2-8H,9H2,1H3,(H,16,17)(H,18,21)(H,19,20). The Hall–Kier alpha value is -3.09. The number of benzene rings is 1. The van der Waals surface area contributed by atoms with Crippen LogP contribution in [0.1, 0.15) is 16.3 Å². The SMILES string of the molecule is COc1ccc(-c2cc(C(=O)NCc3ncc[nH]3)[nH]n2)cc1. The Balaban J connectivity index is 1.68. The average Bonchev–Trinajstić information content (AvgIpc) is 3.24. The van der Waals surface area contributed by atoms with Crippen LogP contribution in [0, 0.1) is 0 Å². The number of nitrogens with one attached hydrogen (secondary N) is 3. The Morgan fingerprint density at radius 2 is 2.14 bits per heavy atom. The second-order valence-corrected chi connectivity index (χ2v) is 4.61.